The van der Waals surface area contributed by atoms with Crippen LogP contribution in [0.2, 0.25) is 0 Å². The Balaban J connectivity index is 1.76. The summed E-state index contributed by atoms with van der Waals surface area (Å²) in [6, 6.07) is 9.61. The maximum Gasteiger partial charge on any atom is 0.435 e. The van der Waals surface area contributed by atoms with E-state index in [1.54, 1.807) is 30.3 Å². The molecule has 1 saturated heterocycles. The number of benzene rings is 1. The molecule has 0 bridgehead atoms. The Morgan fingerprint density at radius 2 is 1.68 bits per heavy atom. The lowest BCUT2D eigenvalue weighted by atomic mass is 9.79. The van der Waals surface area contributed by atoms with Gasteiger partial charge in [-0.05, 0) is 12.0 Å². The number of hydrogen-bond donors (Lipinski definition) is 2. The molecule has 0 saturated carbocycles. The van der Waals surface area contributed by atoms with Crippen molar-refractivity contribution in [3.63, 3.8) is 0 Å². The molecule has 8 nitrogen and oxygen atoms in total. The number of nitrogens with two attached hydrogens (primary N) is 1. The van der Waals surface area contributed by atoms with Crippen molar-refractivity contribution < 1.29 is 34.8 Å². The number of nitrogens with zero attached hydrogens (tertiary/aromatic N) is 4. The number of hydrogen-bond acceptors (Lipinski definition) is 5. The van der Waals surface area contributed by atoms with Gasteiger partial charge in [0.2, 0.25) is 0 Å². The summed E-state index contributed by atoms with van der Waals surface area (Å²) in [5.74, 6) is -0.378. The van der Waals surface area contributed by atoms with Crippen LogP contribution in [0.1, 0.15) is 23.4 Å². The Morgan fingerprint density at radius 1 is 1.03 bits per heavy atom. The average Bonchev–Trinajstić information content (AvgIpc) is 3.37. The third-order valence-electron chi connectivity index (χ3n) is 5.68. The van der Waals surface area contributed by atoms with E-state index in [2.05, 4.69) is 15.4 Å². The molecular formula is C19H18F6N6O2S. The lowest BCUT2D eigenvalue weighted by Crippen LogP contribution is -2.41. The van der Waals surface area contributed by atoms with Gasteiger partial charge in [-0.15, -0.1) is 0 Å². The van der Waals surface area contributed by atoms with E-state index in [4.69, 9.17) is 5.14 Å². The van der Waals surface area contributed by atoms with Gasteiger partial charge in [0.05, 0.1) is 0 Å². The van der Waals surface area contributed by atoms with E-state index < -0.39 is 45.0 Å². The Hall–Kier alpha value is -2.91. The van der Waals surface area contributed by atoms with E-state index in [1.165, 1.54) is 0 Å². The Bertz CT molecular complexity index is 1310. The van der Waals surface area contributed by atoms with Crippen molar-refractivity contribution in [3.8, 4) is 0 Å². The number of alkyl halides is 6. The molecule has 3 N–H and O–H groups in total. The first kappa shape index (κ1) is 24.2. The highest BCUT2D eigenvalue weighted by atomic mass is 32.2. The quantitative estimate of drug-likeness (QED) is 0.516. The summed E-state index contributed by atoms with van der Waals surface area (Å²) in [7, 11) is -4.03. The minimum Gasteiger partial charge on any atom is -0.369 e. The fourth-order valence-corrected chi connectivity index (χ4v) is 4.74. The van der Waals surface area contributed by atoms with E-state index in [0.717, 1.165) is 4.31 Å². The van der Waals surface area contributed by atoms with Gasteiger partial charge in [-0.1, -0.05) is 30.3 Å². The van der Waals surface area contributed by atoms with Crippen molar-refractivity contribution in [2.75, 3.05) is 25.0 Å². The second-order valence-electron chi connectivity index (χ2n) is 7.95. The SMILES string of the molecule is NS(=O)(=O)N1CC[C@@](CNc2cc(C(F)(F)F)nc3cc(C(F)(F)F)nn23)(c2ccccc2)C1. The van der Waals surface area contributed by atoms with Crippen molar-refractivity contribution >= 4 is 21.7 Å². The number of rotatable bonds is 5. The summed E-state index contributed by atoms with van der Waals surface area (Å²) in [5, 5.41) is 11.4. The van der Waals surface area contributed by atoms with Crippen LogP contribution in [-0.4, -0.2) is 47.0 Å². The number of halogens is 6. The maximum atomic E-state index is 13.4. The highest BCUT2D eigenvalue weighted by molar-refractivity contribution is 7.86. The summed E-state index contributed by atoms with van der Waals surface area (Å²) >= 11 is 0. The first-order valence-corrected chi connectivity index (χ1v) is 11.3. The summed E-state index contributed by atoms with van der Waals surface area (Å²) < 4.78 is 105. The minimum absolute atomic E-state index is 0.0644. The molecule has 184 valence electrons. The van der Waals surface area contributed by atoms with E-state index in [1.807, 2.05) is 0 Å². The van der Waals surface area contributed by atoms with Crippen molar-refractivity contribution in [3.05, 3.63) is 59.4 Å². The molecule has 3 heterocycles. The van der Waals surface area contributed by atoms with Gasteiger partial charge in [-0.25, -0.2) is 10.1 Å². The fourth-order valence-electron chi connectivity index (χ4n) is 3.97. The fraction of sp³-hybridized carbons (Fsp3) is 0.368. The first-order valence-electron chi connectivity index (χ1n) is 9.82. The zero-order valence-electron chi connectivity index (χ0n) is 17.2. The van der Waals surface area contributed by atoms with Gasteiger partial charge in [-0.2, -0.15) is 48.7 Å². The largest absolute Gasteiger partial charge is 0.435 e. The molecule has 0 radical (unpaired) electrons. The van der Waals surface area contributed by atoms with Gasteiger partial charge in [-0.3, -0.25) is 0 Å². The molecule has 1 fully saturated rings. The van der Waals surface area contributed by atoms with Gasteiger partial charge in [0.1, 0.15) is 5.82 Å². The summed E-state index contributed by atoms with van der Waals surface area (Å²) in [6.07, 6.45) is -9.54. The molecule has 1 aliphatic heterocycles. The zero-order chi connectivity index (χ0) is 24.9. The molecule has 34 heavy (non-hydrogen) atoms. The lowest BCUT2D eigenvalue weighted by molar-refractivity contribution is -0.142. The lowest BCUT2D eigenvalue weighted by Gasteiger charge is -2.30. The molecule has 0 aliphatic carbocycles. The number of aromatic nitrogens is 3. The second-order valence-corrected chi connectivity index (χ2v) is 9.50. The van der Waals surface area contributed by atoms with Crippen LogP contribution >= 0.6 is 0 Å². The molecule has 0 amide bonds. The maximum absolute atomic E-state index is 13.4. The first-order chi connectivity index (χ1) is 15.7. The Kier molecular flexibility index (Phi) is 5.77. The summed E-state index contributed by atoms with van der Waals surface area (Å²) in [5.41, 5.74) is -3.67. The molecule has 1 aliphatic rings. The molecule has 15 heteroatoms. The van der Waals surface area contributed by atoms with Crippen LogP contribution in [0.5, 0.6) is 0 Å². The third-order valence-corrected chi connectivity index (χ3v) is 6.71. The van der Waals surface area contributed by atoms with Gasteiger partial charge in [0.15, 0.2) is 17.0 Å². The van der Waals surface area contributed by atoms with Crippen molar-refractivity contribution in [2.24, 2.45) is 5.14 Å². The highest BCUT2D eigenvalue weighted by Crippen LogP contribution is 2.37. The van der Waals surface area contributed by atoms with Crippen molar-refractivity contribution in [2.45, 2.75) is 24.2 Å². The molecule has 0 unspecified atom stereocenters. The Labute approximate surface area is 189 Å². The number of fused-ring (bicyclic) bond motifs is 1. The van der Waals surface area contributed by atoms with Gasteiger partial charge < -0.3 is 5.32 Å². The van der Waals surface area contributed by atoms with E-state index in [0.29, 0.717) is 22.2 Å². The van der Waals surface area contributed by atoms with E-state index in [9.17, 15) is 34.8 Å². The monoisotopic (exact) mass is 508 g/mol. The number of nitrogens with one attached hydrogen (secondary N) is 1. The molecular weight excluding hydrogens is 490 g/mol. The predicted molar refractivity (Wildman–Crippen MR) is 109 cm³/mol. The van der Waals surface area contributed by atoms with Crippen LogP contribution < -0.4 is 10.5 Å². The Morgan fingerprint density at radius 3 is 2.24 bits per heavy atom. The van der Waals surface area contributed by atoms with Crippen LogP contribution in [0.3, 0.4) is 0 Å². The molecule has 4 rings (SSSR count). The molecule has 1 aromatic carbocycles. The smallest absolute Gasteiger partial charge is 0.369 e. The number of anilines is 1. The van der Waals surface area contributed by atoms with E-state index >= 15 is 0 Å². The molecule has 2 aromatic heterocycles. The van der Waals surface area contributed by atoms with Crippen molar-refractivity contribution in [1.29, 1.82) is 0 Å². The van der Waals surface area contributed by atoms with Gasteiger partial charge in [0, 0.05) is 37.2 Å². The molecule has 0 spiro atoms. The zero-order valence-corrected chi connectivity index (χ0v) is 18.0. The summed E-state index contributed by atoms with van der Waals surface area (Å²) in [6.45, 7) is -0.119. The topological polar surface area (TPSA) is 106 Å². The summed E-state index contributed by atoms with van der Waals surface area (Å²) in [4.78, 5) is 3.27. The second kappa shape index (κ2) is 8.09. The normalized spacial score (nSPS) is 20.2. The molecule has 1 atom stereocenters. The molecule has 3 aromatic rings. The van der Waals surface area contributed by atoms with E-state index in [-0.39, 0.29) is 31.9 Å². The van der Waals surface area contributed by atoms with Crippen LogP contribution in [0.25, 0.3) is 5.65 Å². The minimum atomic E-state index is -4.92. The average molecular weight is 508 g/mol. The van der Waals surface area contributed by atoms with Crippen LogP contribution in [-0.2, 0) is 28.0 Å². The van der Waals surface area contributed by atoms with Crippen molar-refractivity contribution in [1.82, 2.24) is 18.9 Å². The van der Waals surface area contributed by atoms with Crippen LogP contribution in [0.15, 0.2) is 42.5 Å². The van der Waals surface area contributed by atoms with Gasteiger partial charge >= 0.3 is 12.4 Å². The predicted octanol–water partition coefficient (Wildman–Crippen LogP) is 3.03. The third kappa shape index (κ3) is 4.67. The van der Waals surface area contributed by atoms with Crippen LogP contribution in [0, 0.1) is 0 Å². The van der Waals surface area contributed by atoms with Crippen LogP contribution in [0.4, 0.5) is 32.2 Å². The standard InChI is InChI=1S/C19H18F6N6O2S/c20-18(21,22)13-8-15(31-16(28-13)9-14(29-31)19(23,24)25)27-10-17(12-4-2-1-3-5-12)6-7-30(11-17)34(26,32)33/h1-5,8-9,27H,6-7,10-11H2,(H2,26,32,33)/t17-/m0/s1. The highest BCUT2D eigenvalue weighted by Gasteiger charge is 2.43. The van der Waals surface area contributed by atoms with Gasteiger partial charge in [0.25, 0.3) is 10.2 Å².